The van der Waals surface area contributed by atoms with E-state index in [9.17, 15) is 0 Å². The topological polar surface area (TPSA) is 0 Å². The Morgan fingerprint density at radius 3 is 1.58 bits per heavy atom. The van der Waals surface area contributed by atoms with Gasteiger partial charge in [0.15, 0.2) is 0 Å². The van der Waals surface area contributed by atoms with E-state index in [0.717, 1.165) is 0 Å². The van der Waals surface area contributed by atoms with Crippen molar-refractivity contribution in [2.24, 2.45) is 0 Å². The average molecular weight is 563 g/mol. The van der Waals surface area contributed by atoms with Crippen LogP contribution in [0.25, 0.3) is 85.9 Å². The first-order chi connectivity index (χ1) is 21.3. The molecule has 0 aliphatic rings. The van der Waals surface area contributed by atoms with E-state index in [1.54, 1.807) is 0 Å². The Morgan fingerprint density at radius 2 is 0.860 bits per heavy atom. The molecule has 0 saturated heterocycles. The van der Waals surface area contributed by atoms with Gasteiger partial charge in [-0.1, -0.05) is 133 Å². The lowest BCUT2D eigenvalue weighted by Gasteiger charge is -2.18. The third-order valence-corrected chi connectivity index (χ3v) is 9.97. The number of thiophene rings is 1. The Morgan fingerprint density at radius 1 is 0.326 bits per heavy atom. The lowest BCUT2D eigenvalue weighted by Crippen LogP contribution is -1.91. The zero-order valence-corrected chi connectivity index (χ0v) is 24.2. The highest BCUT2D eigenvalue weighted by molar-refractivity contribution is 7.25. The molecule has 0 bridgehead atoms. The molecule has 1 heteroatoms. The molecule has 0 nitrogen and oxygen atoms in total. The summed E-state index contributed by atoms with van der Waals surface area (Å²) in [5.74, 6) is 0. The largest absolute Gasteiger partial charge is 0.135 e. The standard InChI is InChI=1S/C42H26S/c1-2-12-28-25-31(24-23-27(28)11-1)41-35-17-5-3-15-33(35)40(34-16-4-6-18-36(34)41)30-14-9-13-29(26-30)32-20-10-22-39-42(32)37-19-7-8-21-38(37)43-39/h1-26H. The van der Waals surface area contributed by atoms with Gasteiger partial charge in [-0.25, -0.2) is 0 Å². The predicted molar refractivity (Wildman–Crippen MR) is 188 cm³/mol. The van der Waals surface area contributed by atoms with Gasteiger partial charge in [0.1, 0.15) is 0 Å². The molecule has 0 aliphatic heterocycles. The van der Waals surface area contributed by atoms with Gasteiger partial charge in [0.05, 0.1) is 0 Å². The second-order valence-electron chi connectivity index (χ2n) is 11.3. The van der Waals surface area contributed by atoms with Crippen molar-refractivity contribution >= 4 is 63.8 Å². The van der Waals surface area contributed by atoms with E-state index in [-0.39, 0.29) is 0 Å². The van der Waals surface area contributed by atoms with Crippen LogP contribution in [0.4, 0.5) is 0 Å². The Labute approximate surface area is 254 Å². The molecule has 0 amide bonds. The molecular formula is C42H26S. The fourth-order valence-electron chi connectivity index (χ4n) is 6.95. The van der Waals surface area contributed by atoms with E-state index in [1.807, 2.05) is 11.3 Å². The van der Waals surface area contributed by atoms with Crippen molar-refractivity contribution in [3.05, 3.63) is 158 Å². The Bertz CT molecular complexity index is 2460. The van der Waals surface area contributed by atoms with Crippen LogP contribution in [0.5, 0.6) is 0 Å². The van der Waals surface area contributed by atoms with Crippen LogP contribution >= 0.6 is 11.3 Å². The second kappa shape index (κ2) is 9.66. The molecule has 200 valence electrons. The summed E-state index contributed by atoms with van der Waals surface area (Å²) in [6.07, 6.45) is 0. The van der Waals surface area contributed by atoms with Crippen LogP contribution in [0.1, 0.15) is 0 Å². The van der Waals surface area contributed by atoms with Crippen molar-refractivity contribution in [1.82, 2.24) is 0 Å². The van der Waals surface area contributed by atoms with Crippen LogP contribution in [-0.2, 0) is 0 Å². The summed E-state index contributed by atoms with van der Waals surface area (Å²) in [5.41, 5.74) is 7.62. The fraction of sp³-hybridized carbons (Fsp3) is 0. The lowest BCUT2D eigenvalue weighted by molar-refractivity contribution is 1.64. The summed E-state index contributed by atoms with van der Waals surface area (Å²) >= 11 is 1.87. The summed E-state index contributed by atoms with van der Waals surface area (Å²) in [6, 6.07) is 58.0. The molecule has 8 aromatic carbocycles. The van der Waals surface area contributed by atoms with Gasteiger partial charge >= 0.3 is 0 Å². The molecule has 9 rings (SSSR count). The molecule has 0 spiro atoms. The summed E-state index contributed by atoms with van der Waals surface area (Å²) < 4.78 is 2.67. The molecule has 0 saturated carbocycles. The molecule has 9 aromatic rings. The van der Waals surface area contributed by atoms with Crippen molar-refractivity contribution in [3.8, 4) is 33.4 Å². The molecule has 0 radical (unpaired) electrons. The lowest BCUT2D eigenvalue weighted by atomic mass is 9.85. The maximum Gasteiger partial charge on any atom is 0.0361 e. The zero-order chi connectivity index (χ0) is 28.3. The van der Waals surface area contributed by atoms with Gasteiger partial charge < -0.3 is 0 Å². The van der Waals surface area contributed by atoms with Crippen molar-refractivity contribution < 1.29 is 0 Å². The molecule has 1 heterocycles. The van der Waals surface area contributed by atoms with Crippen LogP contribution in [-0.4, -0.2) is 0 Å². The van der Waals surface area contributed by atoms with Crippen LogP contribution in [0.15, 0.2) is 158 Å². The number of fused-ring (bicyclic) bond motifs is 6. The minimum absolute atomic E-state index is 1.24. The minimum Gasteiger partial charge on any atom is -0.135 e. The molecule has 0 unspecified atom stereocenters. The van der Waals surface area contributed by atoms with Gasteiger partial charge in [-0.15, -0.1) is 11.3 Å². The molecule has 0 N–H and O–H groups in total. The van der Waals surface area contributed by atoms with Crippen molar-refractivity contribution in [1.29, 1.82) is 0 Å². The third-order valence-electron chi connectivity index (χ3n) is 8.83. The molecule has 0 atom stereocenters. The van der Waals surface area contributed by atoms with Crippen LogP contribution < -0.4 is 0 Å². The van der Waals surface area contributed by atoms with Gasteiger partial charge in [-0.3, -0.25) is 0 Å². The van der Waals surface area contributed by atoms with Gasteiger partial charge in [-0.2, -0.15) is 0 Å². The van der Waals surface area contributed by atoms with Crippen LogP contribution in [0.3, 0.4) is 0 Å². The van der Waals surface area contributed by atoms with E-state index >= 15 is 0 Å². The summed E-state index contributed by atoms with van der Waals surface area (Å²) in [6.45, 7) is 0. The summed E-state index contributed by atoms with van der Waals surface area (Å²) in [7, 11) is 0. The first kappa shape index (κ1) is 24.4. The molecule has 1 aromatic heterocycles. The van der Waals surface area contributed by atoms with Crippen LogP contribution in [0, 0.1) is 0 Å². The summed E-state index contributed by atoms with van der Waals surface area (Å²) in [4.78, 5) is 0. The van der Waals surface area contributed by atoms with Gasteiger partial charge in [0, 0.05) is 20.2 Å². The Hall–Kier alpha value is -5.24. The average Bonchev–Trinajstić information content (AvgIpc) is 3.46. The maximum absolute atomic E-state index is 2.39. The number of benzene rings is 8. The van der Waals surface area contributed by atoms with Gasteiger partial charge in [0.25, 0.3) is 0 Å². The monoisotopic (exact) mass is 562 g/mol. The van der Waals surface area contributed by atoms with Gasteiger partial charge in [0.2, 0.25) is 0 Å². The molecule has 0 fully saturated rings. The maximum atomic E-state index is 2.39. The van der Waals surface area contributed by atoms with E-state index in [1.165, 1.54) is 85.9 Å². The number of hydrogen-bond acceptors (Lipinski definition) is 1. The van der Waals surface area contributed by atoms with Crippen LogP contribution in [0.2, 0.25) is 0 Å². The highest BCUT2D eigenvalue weighted by atomic mass is 32.1. The van der Waals surface area contributed by atoms with E-state index in [4.69, 9.17) is 0 Å². The smallest absolute Gasteiger partial charge is 0.0361 e. The number of rotatable bonds is 3. The third kappa shape index (κ3) is 3.82. The summed E-state index contributed by atoms with van der Waals surface area (Å²) in [5, 5.41) is 10.3. The van der Waals surface area contributed by atoms with E-state index in [0.29, 0.717) is 0 Å². The molecule has 0 aliphatic carbocycles. The zero-order valence-electron chi connectivity index (χ0n) is 23.4. The fourth-order valence-corrected chi connectivity index (χ4v) is 8.08. The Balaban J connectivity index is 1.32. The number of hydrogen-bond donors (Lipinski definition) is 0. The molecule has 43 heavy (non-hydrogen) atoms. The quantitative estimate of drug-likeness (QED) is 0.188. The first-order valence-electron chi connectivity index (χ1n) is 14.8. The predicted octanol–water partition coefficient (Wildman–Crippen LogP) is 12.5. The SMILES string of the molecule is c1cc(-c2c3ccccc3c(-c3ccc4ccccc4c3)c3ccccc23)cc(-c2cccc3sc4ccccc4c23)c1. The highest BCUT2D eigenvalue weighted by Crippen LogP contribution is 2.45. The molecular weight excluding hydrogens is 537 g/mol. The van der Waals surface area contributed by atoms with Crippen molar-refractivity contribution in [3.63, 3.8) is 0 Å². The first-order valence-corrected chi connectivity index (χ1v) is 15.6. The van der Waals surface area contributed by atoms with Gasteiger partial charge in [-0.05, 0) is 90.0 Å². The second-order valence-corrected chi connectivity index (χ2v) is 12.3. The minimum atomic E-state index is 1.24. The highest BCUT2D eigenvalue weighted by Gasteiger charge is 2.18. The van der Waals surface area contributed by atoms with E-state index in [2.05, 4.69) is 158 Å². The van der Waals surface area contributed by atoms with Crippen molar-refractivity contribution in [2.75, 3.05) is 0 Å². The normalized spacial score (nSPS) is 11.7. The van der Waals surface area contributed by atoms with E-state index < -0.39 is 0 Å². The van der Waals surface area contributed by atoms with Crippen molar-refractivity contribution in [2.45, 2.75) is 0 Å². The Kier molecular flexibility index (Phi) is 5.47.